The molecule has 2 aromatic heterocycles. The predicted octanol–water partition coefficient (Wildman–Crippen LogP) is 15.9. The number of nitrogens with zero attached hydrogens (tertiary/aromatic N) is 9. The molecule has 0 saturated heterocycles. The van der Waals surface area contributed by atoms with Crippen LogP contribution in [-0.2, 0) is 0 Å². The van der Waals surface area contributed by atoms with Crippen molar-refractivity contribution in [2.75, 3.05) is 10.2 Å². The Morgan fingerprint density at radius 2 is 0.849 bits per heavy atom. The molecule has 4 heterocycles. The maximum atomic E-state index is 14.6. The minimum absolute atomic E-state index is 0.00671. The van der Waals surface area contributed by atoms with E-state index in [4.69, 9.17) is 22.6 Å². The lowest BCUT2D eigenvalue weighted by atomic mass is 9.94. The first kappa shape index (κ1) is 46.5. The fourth-order valence-corrected chi connectivity index (χ4v) is 8.89. The largest absolute Gasteiger partial charge is 0.453 e. The van der Waals surface area contributed by atoms with Crippen LogP contribution in [0.25, 0.3) is 54.0 Å². The summed E-state index contributed by atoms with van der Waals surface area (Å²) in [5, 5.41) is 23.0. The van der Waals surface area contributed by atoms with Gasteiger partial charge in [-0.2, -0.15) is 28.1 Å². The number of halogens is 5. The zero-order valence-electron chi connectivity index (χ0n) is 37.2. The van der Waals surface area contributed by atoms with E-state index < -0.39 is 23.8 Å². The average Bonchev–Trinajstić information content (AvgIpc) is 3.43. The number of aromatic nitrogens is 4. The highest BCUT2D eigenvalue weighted by Crippen LogP contribution is 2.56. The molecule has 0 radical (unpaired) electrons. The van der Waals surface area contributed by atoms with Crippen molar-refractivity contribution in [1.82, 2.24) is 19.9 Å². The van der Waals surface area contributed by atoms with E-state index in [1.807, 2.05) is 54.6 Å². The van der Waals surface area contributed by atoms with Crippen molar-refractivity contribution >= 4 is 77.8 Å². The molecule has 17 heteroatoms. The van der Waals surface area contributed by atoms with Gasteiger partial charge in [-0.25, -0.2) is 29.6 Å². The molecule has 0 aliphatic carbocycles. The summed E-state index contributed by atoms with van der Waals surface area (Å²) < 4.78 is 68.0. The number of ether oxygens (including phenoxy) is 2. The molecule has 12 rings (SSSR count). The topological polar surface area (TPSA) is 142 Å². The Kier molecular flexibility index (Phi) is 12.5. The van der Waals surface area contributed by atoms with E-state index >= 15 is 0 Å². The molecule has 2 aliphatic rings. The summed E-state index contributed by atoms with van der Waals surface area (Å²) in [6.07, 6.45) is 0. The van der Waals surface area contributed by atoms with Gasteiger partial charge in [-0.3, -0.25) is 0 Å². The van der Waals surface area contributed by atoms with Gasteiger partial charge in [0, 0.05) is 11.1 Å². The van der Waals surface area contributed by atoms with Crippen LogP contribution in [-0.4, -0.2) is 19.9 Å². The fourth-order valence-electron chi connectivity index (χ4n) is 8.32. The normalized spacial score (nSPS) is 11.3. The molecule has 2 aliphatic heterocycles. The van der Waals surface area contributed by atoms with E-state index in [0.29, 0.717) is 34.0 Å². The van der Waals surface area contributed by atoms with Crippen LogP contribution in [0.15, 0.2) is 162 Å². The predicted molar refractivity (Wildman–Crippen MR) is 270 cm³/mol. The van der Waals surface area contributed by atoms with E-state index in [1.165, 1.54) is 0 Å². The van der Waals surface area contributed by atoms with Crippen LogP contribution in [0.1, 0.15) is 11.1 Å². The highest BCUT2D eigenvalue weighted by molar-refractivity contribution is 9.10. The molecule has 10 aromatic rings. The molecule has 8 aromatic carbocycles. The van der Waals surface area contributed by atoms with Crippen LogP contribution in [0.2, 0.25) is 0 Å². The Bertz CT molecular complexity index is 3910. The molecule has 0 bridgehead atoms. The second-order valence-corrected chi connectivity index (χ2v) is 16.4. The molecule has 0 unspecified atom stereocenters. The number of fused-ring (bicyclic) bond motifs is 6. The number of nitrogens with one attached hydrogen (secondary N) is 1. The molecule has 73 heavy (non-hydrogen) atoms. The summed E-state index contributed by atoms with van der Waals surface area (Å²) in [4.78, 5) is 23.7. The lowest BCUT2D eigenvalue weighted by Crippen LogP contribution is -2.17. The lowest BCUT2D eigenvalue weighted by molar-refractivity contribution is 0.459. The monoisotopic (exact) mass is 1030 g/mol. The Hall–Kier alpha value is -10.2. The van der Waals surface area contributed by atoms with Crippen molar-refractivity contribution in [2.24, 2.45) is 0 Å². The van der Waals surface area contributed by atoms with Crippen molar-refractivity contribution in [2.45, 2.75) is 0 Å². The molecule has 0 spiro atoms. The summed E-state index contributed by atoms with van der Waals surface area (Å²) in [5.41, 5.74) is 4.68. The van der Waals surface area contributed by atoms with E-state index in [-0.39, 0.29) is 65.9 Å². The van der Waals surface area contributed by atoms with Crippen LogP contribution < -0.4 is 19.7 Å². The fraction of sp³-hybridized carbons (Fsp3) is 0. The van der Waals surface area contributed by atoms with Gasteiger partial charge in [0.1, 0.15) is 11.0 Å². The van der Waals surface area contributed by atoms with Crippen molar-refractivity contribution in [3.8, 4) is 57.4 Å². The van der Waals surface area contributed by atoms with Gasteiger partial charge in [0.2, 0.25) is 11.4 Å². The van der Waals surface area contributed by atoms with Crippen molar-refractivity contribution in [3.63, 3.8) is 0 Å². The van der Waals surface area contributed by atoms with Gasteiger partial charge < -0.3 is 19.7 Å². The molecule has 1 N–H and O–H groups in total. The van der Waals surface area contributed by atoms with Gasteiger partial charge in [0.25, 0.3) is 23.8 Å². The number of hydrogen-bond donors (Lipinski definition) is 1. The van der Waals surface area contributed by atoms with Gasteiger partial charge in [-0.1, -0.05) is 125 Å². The van der Waals surface area contributed by atoms with E-state index in [0.717, 1.165) is 22.9 Å². The third kappa shape index (κ3) is 8.44. The maximum Gasteiger partial charge on any atom is 0.269 e. The van der Waals surface area contributed by atoms with E-state index in [9.17, 15) is 28.1 Å². The molecule has 0 saturated carbocycles. The number of para-hydroxylation sites is 8. The van der Waals surface area contributed by atoms with Crippen molar-refractivity contribution in [3.05, 3.63) is 220 Å². The average molecular weight is 1030 g/mol. The van der Waals surface area contributed by atoms with Crippen molar-refractivity contribution < 1.29 is 27.0 Å². The van der Waals surface area contributed by atoms with Gasteiger partial charge >= 0.3 is 0 Å². The summed E-state index contributed by atoms with van der Waals surface area (Å²) in [6.45, 7) is 15.3. The zero-order chi connectivity index (χ0) is 50.8. The molecule has 0 atom stereocenters. The molecule has 12 nitrogen and oxygen atoms in total. The molecule has 0 amide bonds. The molecule has 348 valence electrons. The number of nitriles is 2. The maximum absolute atomic E-state index is 14.6. The summed E-state index contributed by atoms with van der Waals surface area (Å²) in [7, 11) is 0. The summed E-state index contributed by atoms with van der Waals surface area (Å²) in [6, 6.07) is 51.5. The SMILES string of the molecule is [C-]#[N+]c1c(C#N)c(-c2ccccc2)c2nc(F)c(F)nc2c1Br.[C-]#[N+]c1c(C#N)c(-c2ccccc2)c2nc(F)c(F)nc2c1N1c2ccccc2Oc2ccccc21.c1ccc2c(c1)Nc1ccccc1O2. The van der Waals surface area contributed by atoms with Crippen LogP contribution >= 0.6 is 15.9 Å². The third-order valence-corrected chi connectivity index (χ3v) is 12.2. The van der Waals surface area contributed by atoms with Crippen molar-refractivity contribution in [1.29, 1.82) is 10.5 Å². The molecular formula is C56H27BrF4N10O2. The lowest BCUT2D eigenvalue weighted by Gasteiger charge is -2.34. The van der Waals surface area contributed by atoms with E-state index in [2.05, 4.69) is 56.9 Å². The van der Waals surface area contributed by atoms with E-state index in [1.54, 1.807) is 114 Å². The van der Waals surface area contributed by atoms with Gasteiger partial charge in [0.15, 0.2) is 23.0 Å². The van der Waals surface area contributed by atoms with Gasteiger partial charge in [-0.05, 0) is 59.7 Å². The smallest absolute Gasteiger partial charge is 0.269 e. The Balaban J connectivity index is 0.000000140. The molecular weight excluding hydrogens is 1000 g/mol. The standard InChI is InChI=1S/C28H13F2N5O.C16H5BrF2N4.C12H9NO/c1-32-23-17(15-31)22(16-9-3-2-4-10-16)24-25(34-28(30)27(29)33-24)26(23)35-18-11-5-7-13-20(18)36-21-14-8-6-12-19(21)35;1-21-12-9(7-20)10(8-5-3-2-4-6-8)13-14(11(12)17)23-16(19)15(18)22-13;1-3-7-11-9(5-1)13-10-6-2-4-8-12(10)14-11/h2-14H;2-6H;1-8,13H. The second-order valence-electron chi connectivity index (χ2n) is 15.6. The Morgan fingerprint density at radius 3 is 1.32 bits per heavy atom. The van der Waals surface area contributed by atoms with Crippen LogP contribution in [0.4, 0.5) is 57.4 Å². The minimum Gasteiger partial charge on any atom is -0.453 e. The first-order valence-corrected chi connectivity index (χ1v) is 22.5. The van der Waals surface area contributed by atoms with Crippen LogP contribution in [0.5, 0.6) is 23.0 Å². The molecule has 0 fully saturated rings. The number of benzene rings is 8. The quantitative estimate of drug-likeness (QED) is 0.134. The third-order valence-electron chi connectivity index (χ3n) is 11.4. The highest BCUT2D eigenvalue weighted by atomic mass is 79.9. The summed E-state index contributed by atoms with van der Waals surface area (Å²) >= 11 is 3.14. The Morgan fingerprint density at radius 1 is 0.479 bits per heavy atom. The first-order valence-electron chi connectivity index (χ1n) is 21.7. The van der Waals surface area contributed by atoms with Crippen LogP contribution in [0, 0.1) is 59.6 Å². The number of hydrogen-bond acceptors (Lipinski definition) is 10. The number of rotatable bonds is 3. The van der Waals surface area contributed by atoms with Gasteiger partial charge in [-0.15, -0.1) is 0 Å². The Labute approximate surface area is 421 Å². The second kappa shape index (κ2) is 19.7. The number of anilines is 5. The zero-order valence-corrected chi connectivity index (χ0v) is 38.8. The minimum atomic E-state index is -1.40. The summed E-state index contributed by atoms with van der Waals surface area (Å²) in [5.74, 6) is -2.79. The van der Waals surface area contributed by atoms with Crippen LogP contribution in [0.3, 0.4) is 0 Å². The first-order chi connectivity index (χ1) is 35.6. The highest BCUT2D eigenvalue weighted by Gasteiger charge is 2.34. The van der Waals surface area contributed by atoms with Gasteiger partial charge in [0.05, 0.1) is 80.4 Å².